The molecule has 5 rings (SSSR count). The highest BCUT2D eigenvalue weighted by molar-refractivity contribution is 5.99. The molecule has 0 radical (unpaired) electrons. The van der Waals surface area contributed by atoms with Crippen LogP contribution >= 0.6 is 12.4 Å². The van der Waals surface area contributed by atoms with Crippen LogP contribution in [0.4, 0.5) is 5.69 Å². The highest BCUT2D eigenvalue weighted by atomic mass is 35.5. The fraction of sp³-hybridized carbons (Fsp3) is 0.194. The largest absolute Gasteiger partial charge is 0.493 e. The number of nitrogens with one attached hydrogen (secondary N) is 1. The van der Waals surface area contributed by atoms with Gasteiger partial charge in [0.1, 0.15) is 5.75 Å². The molecular weight excluding hydrogens is 560 g/mol. The van der Waals surface area contributed by atoms with E-state index in [1.165, 1.54) is 0 Å². The zero-order valence-corrected chi connectivity index (χ0v) is 25.7. The van der Waals surface area contributed by atoms with E-state index in [0.29, 0.717) is 36.9 Å². The predicted octanol–water partition coefficient (Wildman–Crippen LogP) is 8.56. The maximum Gasteiger partial charge on any atom is 0.203 e. The minimum Gasteiger partial charge on any atom is -0.493 e. The van der Waals surface area contributed by atoms with Crippen molar-refractivity contribution in [2.45, 2.75) is 20.3 Å². The van der Waals surface area contributed by atoms with E-state index in [2.05, 4.69) is 71.1 Å². The van der Waals surface area contributed by atoms with Crippen LogP contribution in [0.25, 0.3) is 16.3 Å². The summed E-state index contributed by atoms with van der Waals surface area (Å²) in [7, 11) is 3.28. The number of nitrogens with zero attached hydrogens (tertiary/aromatic N) is 1. The number of ether oxygens (including phenoxy) is 4. The third kappa shape index (κ3) is 7.04. The molecule has 222 valence electrons. The van der Waals surface area contributed by atoms with Gasteiger partial charge in [0.25, 0.3) is 0 Å². The molecule has 0 aliphatic carbocycles. The Hall–Kier alpha value is -4.68. The molecule has 0 saturated heterocycles. The van der Waals surface area contributed by atoms with Crippen molar-refractivity contribution in [2.24, 2.45) is 0 Å². The zero-order chi connectivity index (χ0) is 29.3. The quantitative estimate of drug-likeness (QED) is 0.156. The summed E-state index contributed by atoms with van der Waals surface area (Å²) in [5, 5.41) is 5.66. The van der Waals surface area contributed by atoms with Gasteiger partial charge in [0.2, 0.25) is 5.75 Å². The first-order valence-corrected chi connectivity index (χ1v) is 14.1. The second-order valence-corrected chi connectivity index (χ2v) is 9.64. The molecule has 7 heteroatoms. The van der Waals surface area contributed by atoms with Crippen molar-refractivity contribution in [2.75, 3.05) is 32.8 Å². The van der Waals surface area contributed by atoms with Gasteiger partial charge >= 0.3 is 0 Å². The van der Waals surface area contributed by atoms with Crippen LogP contribution in [0.2, 0.25) is 0 Å². The van der Waals surface area contributed by atoms with Gasteiger partial charge in [0.15, 0.2) is 11.5 Å². The second-order valence-electron chi connectivity index (χ2n) is 9.64. The first kappa shape index (κ1) is 31.3. The lowest BCUT2D eigenvalue weighted by atomic mass is 9.98. The number of benzene rings is 4. The lowest BCUT2D eigenvalue weighted by Crippen LogP contribution is -2.02. The van der Waals surface area contributed by atoms with Gasteiger partial charge in [-0.2, -0.15) is 0 Å². The standard InChI is InChI=1S/C36H36N2O4.ClH/c1-5-41-32-18-17-29-28(19-25-20-33(39-3)36(42-6-2)34(21-25)40-4)22-37-23-31(29)35(32)38-24-30(26-13-9-7-10-14-26)27-15-11-8-12-16-27;/h7-18,20-24,38H,5-6,19H2,1-4H3;1H. The molecule has 43 heavy (non-hydrogen) atoms. The summed E-state index contributed by atoms with van der Waals surface area (Å²) in [6.45, 7) is 4.99. The Bertz CT molecular complexity index is 1610. The third-order valence-corrected chi connectivity index (χ3v) is 7.02. The van der Waals surface area contributed by atoms with E-state index < -0.39 is 0 Å². The van der Waals surface area contributed by atoms with Gasteiger partial charge < -0.3 is 24.3 Å². The van der Waals surface area contributed by atoms with Crippen molar-refractivity contribution in [3.05, 3.63) is 126 Å². The minimum atomic E-state index is 0. The maximum atomic E-state index is 6.08. The summed E-state index contributed by atoms with van der Waals surface area (Å²) >= 11 is 0. The number of hydrogen-bond acceptors (Lipinski definition) is 6. The first-order chi connectivity index (χ1) is 20.7. The average Bonchev–Trinajstić information content (AvgIpc) is 3.03. The monoisotopic (exact) mass is 596 g/mol. The predicted molar refractivity (Wildman–Crippen MR) is 177 cm³/mol. The fourth-order valence-electron chi connectivity index (χ4n) is 5.11. The molecular formula is C36H37ClN2O4. The molecule has 1 N–H and O–H groups in total. The van der Waals surface area contributed by atoms with Gasteiger partial charge in [0.05, 0.1) is 33.1 Å². The maximum absolute atomic E-state index is 6.08. The summed E-state index contributed by atoms with van der Waals surface area (Å²) in [6, 6.07) is 28.8. The van der Waals surface area contributed by atoms with E-state index in [1.54, 1.807) is 14.2 Å². The van der Waals surface area contributed by atoms with Gasteiger partial charge in [-0.05, 0) is 66.1 Å². The SMILES string of the molecule is CCOc1ccc2c(Cc3cc(OC)c(OCC)c(OC)c3)cncc2c1NC=C(c1ccccc1)c1ccccc1.Cl. The highest BCUT2D eigenvalue weighted by Gasteiger charge is 2.17. The van der Waals surface area contributed by atoms with Crippen LogP contribution in [0.1, 0.15) is 36.1 Å². The molecule has 0 fully saturated rings. The Kier molecular flexibility index (Phi) is 10.9. The van der Waals surface area contributed by atoms with Crippen LogP contribution in [0.5, 0.6) is 23.0 Å². The Morgan fingerprint density at radius 1 is 0.721 bits per heavy atom. The van der Waals surface area contributed by atoms with Crippen LogP contribution in [0, 0.1) is 0 Å². The van der Waals surface area contributed by atoms with Crippen molar-refractivity contribution in [3.8, 4) is 23.0 Å². The van der Waals surface area contributed by atoms with E-state index in [1.807, 2.05) is 56.6 Å². The number of anilines is 1. The Morgan fingerprint density at radius 3 is 1.88 bits per heavy atom. The third-order valence-electron chi connectivity index (χ3n) is 7.02. The summed E-state index contributed by atoms with van der Waals surface area (Å²) < 4.78 is 23.2. The van der Waals surface area contributed by atoms with Crippen molar-refractivity contribution in [1.82, 2.24) is 4.98 Å². The zero-order valence-electron chi connectivity index (χ0n) is 24.9. The van der Waals surface area contributed by atoms with E-state index in [0.717, 1.165) is 50.0 Å². The Morgan fingerprint density at radius 2 is 1.33 bits per heavy atom. The van der Waals surface area contributed by atoms with Gasteiger partial charge in [-0.1, -0.05) is 66.7 Å². The number of rotatable bonds is 12. The van der Waals surface area contributed by atoms with E-state index in [-0.39, 0.29) is 12.4 Å². The first-order valence-electron chi connectivity index (χ1n) is 14.1. The number of hydrogen-bond donors (Lipinski definition) is 1. The number of aromatic nitrogens is 1. The molecule has 4 aromatic carbocycles. The van der Waals surface area contributed by atoms with E-state index >= 15 is 0 Å². The van der Waals surface area contributed by atoms with Gasteiger partial charge in [-0.3, -0.25) is 4.98 Å². The fourth-order valence-corrected chi connectivity index (χ4v) is 5.11. The molecule has 0 aliphatic heterocycles. The average molecular weight is 597 g/mol. The summed E-state index contributed by atoms with van der Waals surface area (Å²) in [5.41, 5.74) is 6.28. The van der Waals surface area contributed by atoms with Crippen molar-refractivity contribution in [3.63, 3.8) is 0 Å². The smallest absolute Gasteiger partial charge is 0.203 e. The van der Waals surface area contributed by atoms with Crippen LogP contribution in [0.15, 0.2) is 104 Å². The molecule has 0 saturated carbocycles. The molecule has 0 atom stereocenters. The van der Waals surface area contributed by atoms with Crippen LogP contribution in [0.3, 0.4) is 0 Å². The van der Waals surface area contributed by atoms with Crippen molar-refractivity contribution < 1.29 is 18.9 Å². The second kappa shape index (κ2) is 15.0. The summed E-state index contributed by atoms with van der Waals surface area (Å²) in [6.07, 6.45) is 6.49. The molecule has 1 heterocycles. The van der Waals surface area contributed by atoms with E-state index in [9.17, 15) is 0 Å². The number of fused-ring (bicyclic) bond motifs is 1. The molecule has 6 nitrogen and oxygen atoms in total. The topological polar surface area (TPSA) is 61.8 Å². The molecule has 0 spiro atoms. The number of pyridine rings is 1. The van der Waals surface area contributed by atoms with Crippen molar-refractivity contribution in [1.29, 1.82) is 0 Å². The van der Waals surface area contributed by atoms with Crippen LogP contribution < -0.4 is 24.3 Å². The van der Waals surface area contributed by atoms with Gasteiger partial charge in [-0.15, -0.1) is 12.4 Å². The normalized spacial score (nSPS) is 10.4. The Balaban J connectivity index is 0.00000423. The van der Waals surface area contributed by atoms with Crippen molar-refractivity contribution >= 4 is 34.4 Å². The molecule has 0 bridgehead atoms. The molecule has 0 aliphatic rings. The molecule has 0 unspecified atom stereocenters. The number of methoxy groups -OCH3 is 2. The lowest BCUT2D eigenvalue weighted by Gasteiger charge is -2.17. The van der Waals surface area contributed by atoms with Gasteiger partial charge in [-0.25, -0.2) is 0 Å². The Labute approximate surface area is 259 Å². The van der Waals surface area contributed by atoms with Crippen LogP contribution in [-0.4, -0.2) is 32.4 Å². The highest BCUT2D eigenvalue weighted by Crippen LogP contribution is 2.40. The molecule has 1 aromatic heterocycles. The summed E-state index contributed by atoms with van der Waals surface area (Å²) in [5.74, 6) is 2.65. The van der Waals surface area contributed by atoms with E-state index in [4.69, 9.17) is 18.9 Å². The summed E-state index contributed by atoms with van der Waals surface area (Å²) in [4.78, 5) is 4.64. The minimum absolute atomic E-state index is 0. The molecule has 5 aromatic rings. The van der Waals surface area contributed by atoms with Gasteiger partial charge in [0, 0.05) is 29.6 Å². The van der Waals surface area contributed by atoms with Crippen LogP contribution in [-0.2, 0) is 6.42 Å². The number of halogens is 1. The lowest BCUT2D eigenvalue weighted by molar-refractivity contribution is 0.288. The molecule has 0 amide bonds.